The normalized spacial score (nSPS) is 17.9. The van der Waals surface area contributed by atoms with Gasteiger partial charge in [0.25, 0.3) is 5.91 Å². The Labute approximate surface area is 192 Å². The Kier molecular flexibility index (Phi) is 6.73. The molecule has 0 saturated carbocycles. The largest absolute Gasteiger partial charge is 0.309 e. The van der Waals surface area contributed by atoms with Crippen LogP contribution in [0.15, 0.2) is 84.9 Å². The molecule has 1 aliphatic rings. The van der Waals surface area contributed by atoms with Gasteiger partial charge in [0.2, 0.25) is 0 Å². The second kappa shape index (κ2) is 9.68. The molecule has 0 N–H and O–H groups in total. The van der Waals surface area contributed by atoms with E-state index in [0.717, 1.165) is 42.7 Å². The molecule has 1 atom stereocenters. The number of carbonyl (C=O) groups excluding carboxylic acids is 1. The minimum Gasteiger partial charge on any atom is -0.309 e. The number of carbonyl (C=O) groups is 1. The van der Waals surface area contributed by atoms with Crippen LogP contribution in [0.3, 0.4) is 0 Å². The first-order valence-corrected chi connectivity index (χ1v) is 11.5. The molecule has 1 amide bonds. The van der Waals surface area contributed by atoms with Gasteiger partial charge in [0.1, 0.15) is 5.41 Å². The third kappa shape index (κ3) is 4.08. The fraction of sp³-hybridized carbons (Fsp3) is 0.321. The fourth-order valence-corrected chi connectivity index (χ4v) is 4.87. The quantitative estimate of drug-likeness (QED) is 0.475. The van der Waals surface area contributed by atoms with Crippen LogP contribution in [-0.4, -0.2) is 43.0 Å². The molecule has 0 bridgehead atoms. The van der Waals surface area contributed by atoms with E-state index < -0.39 is 5.41 Å². The van der Waals surface area contributed by atoms with Gasteiger partial charge < -0.3 is 4.90 Å². The second-order valence-electron chi connectivity index (χ2n) is 8.78. The summed E-state index contributed by atoms with van der Waals surface area (Å²) in [6.45, 7) is 4.51. The number of amides is 1. The fourth-order valence-electron chi connectivity index (χ4n) is 4.87. The summed E-state index contributed by atoms with van der Waals surface area (Å²) in [6.07, 6.45) is 1.73. The Morgan fingerprint density at radius 1 is 0.844 bits per heavy atom. The molecule has 0 fully saturated rings. The summed E-state index contributed by atoms with van der Waals surface area (Å²) in [6, 6.07) is 29.1. The molecular weight excluding hydrogens is 394 g/mol. The van der Waals surface area contributed by atoms with Gasteiger partial charge in [0.15, 0.2) is 0 Å². The van der Waals surface area contributed by atoms with Crippen LogP contribution in [0, 0.1) is 0 Å². The van der Waals surface area contributed by atoms with Crippen LogP contribution in [0.4, 0.5) is 5.69 Å². The van der Waals surface area contributed by atoms with E-state index in [1.807, 2.05) is 35.3 Å². The molecule has 32 heavy (non-hydrogen) atoms. The molecule has 4 rings (SSSR count). The van der Waals surface area contributed by atoms with Gasteiger partial charge >= 0.3 is 0 Å². The van der Waals surface area contributed by atoms with Crippen LogP contribution >= 0.6 is 0 Å². The smallest absolute Gasteiger partial charge is 0.256 e. The molecule has 0 spiro atoms. The summed E-state index contributed by atoms with van der Waals surface area (Å²) in [7, 11) is 4.18. The van der Waals surface area contributed by atoms with Crippen LogP contribution < -0.4 is 5.01 Å². The first-order valence-electron chi connectivity index (χ1n) is 11.5. The third-order valence-electron chi connectivity index (χ3n) is 6.43. The van der Waals surface area contributed by atoms with Crippen LogP contribution in [0.5, 0.6) is 0 Å². The van der Waals surface area contributed by atoms with E-state index in [9.17, 15) is 4.79 Å². The average molecular weight is 428 g/mol. The lowest BCUT2D eigenvalue weighted by Crippen LogP contribution is -2.50. The molecule has 1 heterocycles. The SMILES string of the molecule is CCN(Cc1ccccc1)N1C(=O)C(CCCN(C)C)(c2ccccc2)c2ccccc21. The summed E-state index contributed by atoms with van der Waals surface area (Å²) in [5.74, 6) is 0.154. The van der Waals surface area contributed by atoms with Crippen molar-refractivity contribution in [3.05, 3.63) is 102 Å². The van der Waals surface area contributed by atoms with Gasteiger partial charge in [-0.15, -0.1) is 0 Å². The first kappa shape index (κ1) is 22.3. The first-order chi connectivity index (χ1) is 15.6. The predicted molar refractivity (Wildman–Crippen MR) is 131 cm³/mol. The van der Waals surface area contributed by atoms with Crippen molar-refractivity contribution in [1.29, 1.82) is 0 Å². The lowest BCUT2D eigenvalue weighted by atomic mass is 9.72. The zero-order chi connectivity index (χ0) is 22.6. The molecule has 1 unspecified atom stereocenters. The van der Waals surface area contributed by atoms with E-state index >= 15 is 0 Å². The van der Waals surface area contributed by atoms with E-state index in [0.29, 0.717) is 6.54 Å². The number of rotatable bonds is 9. The minimum atomic E-state index is -0.669. The van der Waals surface area contributed by atoms with Gasteiger partial charge in [-0.05, 0) is 56.2 Å². The van der Waals surface area contributed by atoms with Crippen LogP contribution in [0.25, 0.3) is 0 Å². The molecule has 0 aliphatic carbocycles. The molecule has 0 saturated heterocycles. The Hall–Kier alpha value is -2.95. The molecule has 1 aliphatic heterocycles. The van der Waals surface area contributed by atoms with Gasteiger partial charge in [0, 0.05) is 13.1 Å². The summed E-state index contributed by atoms with van der Waals surface area (Å²) in [5, 5.41) is 4.12. The Balaban J connectivity index is 1.80. The maximum atomic E-state index is 14.4. The summed E-state index contributed by atoms with van der Waals surface area (Å²) < 4.78 is 0. The van der Waals surface area contributed by atoms with E-state index in [1.165, 1.54) is 5.56 Å². The maximum absolute atomic E-state index is 14.4. The van der Waals surface area contributed by atoms with Gasteiger partial charge in [-0.2, -0.15) is 0 Å². The van der Waals surface area contributed by atoms with Crippen molar-refractivity contribution in [3.8, 4) is 0 Å². The van der Waals surface area contributed by atoms with Crippen molar-refractivity contribution >= 4 is 11.6 Å². The van der Waals surface area contributed by atoms with Crippen molar-refractivity contribution in [2.75, 3.05) is 32.2 Å². The van der Waals surface area contributed by atoms with Crippen molar-refractivity contribution in [1.82, 2.24) is 9.91 Å². The minimum absolute atomic E-state index is 0.154. The Morgan fingerprint density at radius 2 is 1.47 bits per heavy atom. The number of benzene rings is 3. The summed E-state index contributed by atoms with van der Waals surface area (Å²) >= 11 is 0. The highest BCUT2D eigenvalue weighted by Crippen LogP contribution is 2.49. The highest BCUT2D eigenvalue weighted by Gasteiger charge is 2.52. The Morgan fingerprint density at radius 3 is 2.12 bits per heavy atom. The van der Waals surface area contributed by atoms with E-state index in [-0.39, 0.29) is 5.91 Å². The number of hydrazine groups is 1. The van der Waals surface area contributed by atoms with Crippen LogP contribution in [0.1, 0.15) is 36.5 Å². The molecule has 3 aromatic carbocycles. The molecule has 3 aromatic rings. The molecule has 4 nitrogen and oxygen atoms in total. The number of hydrogen-bond donors (Lipinski definition) is 0. The second-order valence-corrected chi connectivity index (χ2v) is 8.78. The number of hydrogen-bond acceptors (Lipinski definition) is 3. The van der Waals surface area contributed by atoms with Gasteiger partial charge in [0.05, 0.1) is 5.69 Å². The van der Waals surface area contributed by atoms with Crippen molar-refractivity contribution in [2.45, 2.75) is 31.7 Å². The Bertz CT molecular complexity index is 1030. The van der Waals surface area contributed by atoms with Gasteiger partial charge in [-0.1, -0.05) is 85.8 Å². The number of para-hydroxylation sites is 1. The van der Waals surface area contributed by atoms with Crippen molar-refractivity contribution < 1.29 is 4.79 Å². The monoisotopic (exact) mass is 427 g/mol. The van der Waals surface area contributed by atoms with E-state index in [1.54, 1.807) is 0 Å². The summed E-state index contributed by atoms with van der Waals surface area (Å²) in [5.41, 5.74) is 3.72. The van der Waals surface area contributed by atoms with Crippen LogP contribution in [-0.2, 0) is 16.8 Å². The van der Waals surface area contributed by atoms with Gasteiger partial charge in [-0.3, -0.25) is 4.79 Å². The number of fused-ring (bicyclic) bond motifs is 1. The van der Waals surface area contributed by atoms with E-state index in [4.69, 9.17) is 0 Å². The van der Waals surface area contributed by atoms with Gasteiger partial charge in [-0.25, -0.2) is 10.0 Å². The van der Waals surface area contributed by atoms with Crippen molar-refractivity contribution in [3.63, 3.8) is 0 Å². The lowest BCUT2D eigenvalue weighted by Gasteiger charge is -2.34. The molecular formula is C28H33N3O. The average Bonchev–Trinajstić information content (AvgIpc) is 3.07. The number of anilines is 1. The summed E-state index contributed by atoms with van der Waals surface area (Å²) in [4.78, 5) is 16.6. The maximum Gasteiger partial charge on any atom is 0.256 e. The van der Waals surface area contributed by atoms with Crippen molar-refractivity contribution in [2.24, 2.45) is 0 Å². The van der Waals surface area contributed by atoms with Crippen LogP contribution in [0.2, 0.25) is 0 Å². The topological polar surface area (TPSA) is 26.8 Å². The zero-order valence-electron chi connectivity index (χ0n) is 19.4. The highest BCUT2D eigenvalue weighted by molar-refractivity contribution is 6.09. The molecule has 0 radical (unpaired) electrons. The predicted octanol–water partition coefficient (Wildman–Crippen LogP) is 5.10. The van der Waals surface area contributed by atoms with E-state index in [2.05, 4.69) is 85.5 Å². The zero-order valence-corrected chi connectivity index (χ0v) is 19.4. The molecule has 166 valence electrons. The third-order valence-corrected chi connectivity index (χ3v) is 6.43. The molecule has 0 aromatic heterocycles. The lowest BCUT2D eigenvalue weighted by molar-refractivity contribution is -0.125. The number of nitrogens with zero attached hydrogens (tertiary/aromatic N) is 3. The standard InChI is InChI=1S/C28H33N3O/c1-4-30(22-23-14-7-5-8-15-23)31-26-19-12-11-18-25(26)28(27(31)32,20-13-21-29(2)3)24-16-9-6-10-17-24/h5-12,14-19H,4,13,20-22H2,1-3H3. The molecule has 4 heteroatoms. The highest BCUT2D eigenvalue weighted by atomic mass is 16.2.